The summed E-state index contributed by atoms with van der Waals surface area (Å²) in [4.78, 5) is 22.3. The molecule has 1 amide bonds. The van der Waals surface area contributed by atoms with E-state index in [1.165, 1.54) is 0 Å². The van der Waals surface area contributed by atoms with E-state index < -0.39 is 24.0 Å². The topological polar surface area (TPSA) is 113 Å². The van der Waals surface area contributed by atoms with E-state index in [2.05, 4.69) is 10.5 Å². The van der Waals surface area contributed by atoms with E-state index in [0.29, 0.717) is 11.7 Å². The lowest BCUT2D eigenvalue weighted by Crippen LogP contribution is -2.46. The highest BCUT2D eigenvalue weighted by molar-refractivity contribution is 5.92. The Morgan fingerprint density at radius 2 is 2.28 bits per heavy atom. The largest absolute Gasteiger partial charge is 0.479 e. The highest BCUT2D eigenvalue weighted by atomic mass is 16.5. The number of nitrogens with one attached hydrogen (secondary N) is 1. The third-order valence-electron chi connectivity index (χ3n) is 2.79. The zero-order valence-corrected chi connectivity index (χ0v) is 9.84. The molecule has 1 atom stereocenters. The molecule has 1 fully saturated rings. The molecule has 0 saturated heterocycles. The van der Waals surface area contributed by atoms with Gasteiger partial charge in [0.25, 0.3) is 5.91 Å². The first-order valence-corrected chi connectivity index (χ1v) is 5.61. The van der Waals surface area contributed by atoms with Crippen LogP contribution >= 0.6 is 0 Å². The Bertz CT molecular complexity index is 476. The van der Waals surface area contributed by atoms with Gasteiger partial charge in [-0.3, -0.25) is 4.79 Å². The Hall–Kier alpha value is -1.89. The van der Waals surface area contributed by atoms with Crippen molar-refractivity contribution in [3.05, 3.63) is 17.5 Å². The molecule has 0 aromatic carbocycles. The van der Waals surface area contributed by atoms with Gasteiger partial charge in [0, 0.05) is 12.0 Å². The Morgan fingerprint density at radius 1 is 1.61 bits per heavy atom. The Morgan fingerprint density at radius 3 is 2.83 bits per heavy atom. The fourth-order valence-corrected chi connectivity index (χ4v) is 1.38. The van der Waals surface area contributed by atoms with Crippen LogP contribution in [0.25, 0.3) is 0 Å². The Balaban J connectivity index is 1.92. The van der Waals surface area contributed by atoms with Crippen LogP contribution in [0.15, 0.2) is 10.6 Å². The normalized spacial score (nSPS) is 18.1. The molecule has 3 N–H and O–H groups in total. The van der Waals surface area contributed by atoms with E-state index in [1.54, 1.807) is 6.07 Å². The summed E-state index contributed by atoms with van der Waals surface area (Å²) in [7, 11) is 0. The molecule has 0 radical (unpaired) electrons. The first kappa shape index (κ1) is 12.6. The molecule has 1 saturated carbocycles. The first-order chi connectivity index (χ1) is 8.40. The zero-order valence-electron chi connectivity index (χ0n) is 9.84. The maximum atomic E-state index is 11.6. The molecule has 0 aliphatic heterocycles. The van der Waals surface area contributed by atoms with E-state index in [1.807, 2.05) is 0 Å². The third-order valence-corrected chi connectivity index (χ3v) is 2.79. The van der Waals surface area contributed by atoms with Gasteiger partial charge in [0.2, 0.25) is 0 Å². The van der Waals surface area contributed by atoms with Crippen LogP contribution in [0.2, 0.25) is 0 Å². The summed E-state index contributed by atoms with van der Waals surface area (Å²) >= 11 is 0. The van der Waals surface area contributed by atoms with Crippen LogP contribution in [-0.2, 0) is 4.79 Å². The third kappa shape index (κ3) is 2.67. The van der Waals surface area contributed by atoms with Crippen molar-refractivity contribution in [2.24, 2.45) is 0 Å². The monoisotopic (exact) mass is 254 g/mol. The summed E-state index contributed by atoms with van der Waals surface area (Å²) in [6.45, 7) is 0.709. The van der Waals surface area contributed by atoms with Gasteiger partial charge in [-0.25, -0.2) is 4.79 Å². The van der Waals surface area contributed by atoms with Crippen LogP contribution in [0, 0.1) is 0 Å². The highest BCUT2D eigenvalue weighted by Gasteiger charge is 2.32. The number of amides is 1. The van der Waals surface area contributed by atoms with Gasteiger partial charge in [0.05, 0.1) is 6.54 Å². The molecule has 1 aromatic heterocycles. The summed E-state index contributed by atoms with van der Waals surface area (Å²) in [5.74, 6) is -0.944. The van der Waals surface area contributed by atoms with Crippen LogP contribution in [0.4, 0.5) is 0 Å². The summed E-state index contributed by atoms with van der Waals surface area (Å²) in [5, 5.41) is 24.0. The van der Waals surface area contributed by atoms with E-state index in [4.69, 9.17) is 9.63 Å². The number of nitrogens with zero attached hydrogens (tertiary/aromatic N) is 1. The highest BCUT2D eigenvalue weighted by Crippen LogP contribution is 2.40. The van der Waals surface area contributed by atoms with Crippen molar-refractivity contribution in [3.8, 4) is 0 Å². The molecule has 0 spiro atoms. The number of carboxylic acid groups (broad SMARTS) is 1. The van der Waals surface area contributed by atoms with Crippen molar-refractivity contribution in [3.63, 3.8) is 0 Å². The number of carboxylic acids is 1. The SMILES string of the molecule is CC(O)(CNC(=O)c1cc(C2CC2)on1)C(=O)O. The number of carbonyl (C=O) groups is 2. The molecular formula is C11H14N2O5. The van der Waals surface area contributed by atoms with Crippen LogP contribution < -0.4 is 5.32 Å². The van der Waals surface area contributed by atoms with Gasteiger partial charge in [-0.15, -0.1) is 0 Å². The van der Waals surface area contributed by atoms with E-state index in [0.717, 1.165) is 19.8 Å². The molecule has 1 aromatic rings. The predicted octanol–water partition coefficient (Wildman–Crippen LogP) is 0.117. The minimum Gasteiger partial charge on any atom is -0.479 e. The zero-order chi connectivity index (χ0) is 13.3. The first-order valence-electron chi connectivity index (χ1n) is 5.61. The van der Waals surface area contributed by atoms with Crippen molar-refractivity contribution in [1.29, 1.82) is 0 Å². The van der Waals surface area contributed by atoms with Gasteiger partial charge in [-0.05, 0) is 19.8 Å². The maximum absolute atomic E-state index is 11.6. The molecule has 98 valence electrons. The van der Waals surface area contributed by atoms with Gasteiger partial charge < -0.3 is 20.1 Å². The van der Waals surface area contributed by atoms with Gasteiger partial charge in [0.15, 0.2) is 11.3 Å². The Kier molecular flexibility index (Phi) is 3.08. The summed E-state index contributed by atoms with van der Waals surface area (Å²) in [6, 6.07) is 1.54. The molecule has 7 heteroatoms. The van der Waals surface area contributed by atoms with Crippen LogP contribution in [0.3, 0.4) is 0 Å². The number of aromatic nitrogens is 1. The second-order valence-corrected chi connectivity index (χ2v) is 4.65. The lowest BCUT2D eigenvalue weighted by Gasteiger charge is -2.17. The molecule has 1 aliphatic rings. The minimum atomic E-state index is -2.00. The summed E-state index contributed by atoms with van der Waals surface area (Å²) < 4.78 is 5.00. The number of hydrogen-bond donors (Lipinski definition) is 3. The number of hydrogen-bond acceptors (Lipinski definition) is 5. The summed E-state index contributed by atoms with van der Waals surface area (Å²) in [5.41, 5.74) is -1.91. The van der Waals surface area contributed by atoms with Crippen molar-refractivity contribution in [1.82, 2.24) is 10.5 Å². The van der Waals surface area contributed by atoms with Crippen LogP contribution in [-0.4, -0.2) is 39.4 Å². The Labute approximate surface area is 103 Å². The second kappa shape index (κ2) is 4.41. The average molecular weight is 254 g/mol. The fraction of sp³-hybridized carbons (Fsp3) is 0.545. The molecule has 2 rings (SSSR count). The fourth-order valence-electron chi connectivity index (χ4n) is 1.38. The van der Waals surface area contributed by atoms with E-state index in [9.17, 15) is 14.7 Å². The maximum Gasteiger partial charge on any atom is 0.337 e. The van der Waals surface area contributed by atoms with E-state index >= 15 is 0 Å². The van der Waals surface area contributed by atoms with Crippen molar-refractivity contribution >= 4 is 11.9 Å². The van der Waals surface area contributed by atoms with Crippen molar-refractivity contribution < 1.29 is 24.3 Å². The lowest BCUT2D eigenvalue weighted by atomic mass is 10.1. The smallest absolute Gasteiger partial charge is 0.337 e. The number of rotatable bonds is 5. The van der Waals surface area contributed by atoms with Crippen molar-refractivity contribution in [2.45, 2.75) is 31.3 Å². The average Bonchev–Trinajstić information content (AvgIpc) is 3.04. The molecule has 0 bridgehead atoms. The summed E-state index contributed by atoms with van der Waals surface area (Å²) in [6.07, 6.45) is 2.06. The quantitative estimate of drug-likeness (QED) is 0.687. The van der Waals surface area contributed by atoms with Gasteiger partial charge in [-0.2, -0.15) is 0 Å². The van der Waals surface area contributed by atoms with Crippen LogP contribution in [0.1, 0.15) is 41.9 Å². The molecule has 7 nitrogen and oxygen atoms in total. The lowest BCUT2D eigenvalue weighted by molar-refractivity contribution is -0.155. The van der Waals surface area contributed by atoms with Gasteiger partial charge in [-0.1, -0.05) is 5.16 Å². The molecule has 18 heavy (non-hydrogen) atoms. The number of aliphatic hydroxyl groups is 1. The second-order valence-electron chi connectivity index (χ2n) is 4.65. The molecular weight excluding hydrogens is 240 g/mol. The molecule has 1 unspecified atom stereocenters. The predicted molar refractivity (Wildman–Crippen MR) is 59.1 cm³/mol. The molecule has 1 aliphatic carbocycles. The van der Waals surface area contributed by atoms with Gasteiger partial charge >= 0.3 is 5.97 Å². The van der Waals surface area contributed by atoms with Crippen molar-refractivity contribution in [2.75, 3.05) is 6.54 Å². The minimum absolute atomic E-state index is 0.0955. The number of carbonyl (C=O) groups excluding carboxylic acids is 1. The van der Waals surface area contributed by atoms with E-state index in [-0.39, 0.29) is 5.69 Å². The molecule has 1 heterocycles. The number of aliphatic carboxylic acids is 1. The van der Waals surface area contributed by atoms with Gasteiger partial charge in [0.1, 0.15) is 5.76 Å². The standard InChI is InChI=1S/C11H14N2O5/c1-11(17,10(15)16)5-12-9(14)7-4-8(18-13-7)6-2-3-6/h4,6,17H,2-3,5H2,1H3,(H,12,14)(H,15,16). The van der Waals surface area contributed by atoms with Crippen LogP contribution in [0.5, 0.6) is 0 Å².